The van der Waals surface area contributed by atoms with Crippen molar-refractivity contribution in [2.45, 2.75) is 18.5 Å². The van der Waals surface area contributed by atoms with E-state index in [1.165, 1.54) is 0 Å². The van der Waals surface area contributed by atoms with Gasteiger partial charge in [-0.1, -0.05) is 6.08 Å². The maximum Gasteiger partial charge on any atom is 0.244 e. The predicted octanol–water partition coefficient (Wildman–Crippen LogP) is 1.18. The lowest BCUT2D eigenvalue weighted by atomic mass is 9.91. The molecule has 0 unspecified atom stereocenters. The minimum absolute atomic E-state index is 0.248. The molecule has 1 aromatic rings. The first-order valence-electron chi connectivity index (χ1n) is 7.52. The average molecular weight is 289 g/mol. The number of rotatable bonds is 4. The summed E-state index contributed by atoms with van der Waals surface area (Å²) in [6.07, 6.45) is 4.48. The lowest BCUT2D eigenvalue weighted by Gasteiger charge is -2.46. The Morgan fingerprint density at radius 3 is 3.00 bits per heavy atom. The SMILES string of the molecule is C=CCN1CCN(C)C(=O)[C@]12CCN(Cc1ccco1)C2. The van der Waals surface area contributed by atoms with Crippen LogP contribution in [0.4, 0.5) is 0 Å². The molecule has 0 saturated carbocycles. The number of hydrogen-bond acceptors (Lipinski definition) is 4. The molecule has 1 spiro atoms. The van der Waals surface area contributed by atoms with Crippen molar-refractivity contribution >= 4 is 5.91 Å². The van der Waals surface area contributed by atoms with Crippen LogP contribution in [0.3, 0.4) is 0 Å². The van der Waals surface area contributed by atoms with E-state index in [0.29, 0.717) is 0 Å². The number of piperazine rings is 1. The van der Waals surface area contributed by atoms with Crippen LogP contribution < -0.4 is 0 Å². The zero-order valence-corrected chi connectivity index (χ0v) is 12.6. The third-order valence-corrected chi connectivity index (χ3v) is 4.69. The molecule has 1 atom stereocenters. The molecule has 5 heteroatoms. The van der Waals surface area contributed by atoms with Gasteiger partial charge in [-0.3, -0.25) is 14.6 Å². The minimum Gasteiger partial charge on any atom is -0.468 e. The van der Waals surface area contributed by atoms with Crippen molar-refractivity contribution in [2.75, 3.05) is 39.8 Å². The monoisotopic (exact) mass is 289 g/mol. The Bertz CT molecular complexity index is 514. The van der Waals surface area contributed by atoms with Gasteiger partial charge in [-0.15, -0.1) is 6.58 Å². The van der Waals surface area contributed by atoms with E-state index < -0.39 is 0 Å². The Morgan fingerprint density at radius 2 is 2.29 bits per heavy atom. The zero-order valence-electron chi connectivity index (χ0n) is 12.6. The fraction of sp³-hybridized carbons (Fsp3) is 0.562. The first kappa shape index (κ1) is 14.4. The molecule has 2 aliphatic heterocycles. The lowest BCUT2D eigenvalue weighted by Crippen LogP contribution is -2.66. The zero-order chi connectivity index (χ0) is 14.9. The molecule has 3 rings (SSSR count). The molecule has 3 heterocycles. The summed E-state index contributed by atoms with van der Waals surface area (Å²) in [6, 6.07) is 3.89. The molecule has 114 valence electrons. The molecule has 0 bridgehead atoms. The van der Waals surface area contributed by atoms with Crippen molar-refractivity contribution < 1.29 is 9.21 Å². The van der Waals surface area contributed by atoms with E-state index in [9.17, 15) is 4.79 Å². The van der Waals surface area contributed by atoms with Gasteiger partial charge in [0.05, 0.1) is 12.8 Å². The number of likely N-dealkylation sites (tertiary alicyclic amines) is 1. The average Bonchev–Trinajstić information content (AvgIpc) is 3.12. The first-order valence-corrected chi connectivity index (χ1v) is 7.52. The molecule has 0 N–H and O–H groups in total. The highest BCUT2D eigenvalue weighted by molar-refractivity contribution is 5.87. The van der Waals surface area contributed by atoms with Crippen LogP contribution in [0.15, 0.2) is 35.5 Å². The molecule has 0 radical (unpaired) electrons. The number of amides is 1. The Morgan fingerprint density at radius 1 is 1.43 bits per heavy atom. The van der Waals surface area contributed by atoms with E-state index in [0.717, 1.165) is 51.4 Å². The molecule has 21 heavy (non-hydrogen) atoms. The maximum absolute atomic E-state index is 12.8. The van der Waals surface area contributed by atoms with Gasteiger partial charge in [-0.2, -0.15) is 0 Å². The van der Waals surface area contributed by atoms with Gasteiger partial charge in [0.25, 0.3) is 0 Å². The van der Waals surface area contributed by atoms with Crippen LogP contribution >= 0.6 is 0 Å². The summed E-state index contributed by atoms with van der Waals surface area (Å²) in [5, 5.41) is 0. The molecule has 2 fully saturated rings. The van der Waals surface area contributed by atoms with Crippen LogP contribution in [-0.2, 0) is 11.3 Å². The third kappa shape index (κ3) is 2.51. The second-order valence-corrected chi connectivity index (χ2v) is 6.03. The summed E-state index contributed by atoms with van der Waals surface area (Å²) in [5.41, 5.74) is -0.381. The third-order valence-electron chi connectivity index (χ3n) is 4.69. The predicted molar refractivity (Wildman–Crippen MR) is 80.7 cm³/mol. The van der Waals surface area contributed by atoms with E-state index in [1.54, 1.807) is 6.26 Å². The fourth-order valence-electron chi connectivity index (χ4n) is 3.56. The second kappa shape index (κ2) is 5.66. The molecule has 2 saturated heterocycles. The van der Waals surface area contributed by atoms with Crippen LogP contribution in [0.25, 0.3) is 0 Å². The fourth-order valence-corrected chi connectivity index (χ4v) is 3.56. The number of hydrogen-bond donors (Lipinski definition) is 0. The number of carbonyl (C=O) groups excluding carboxylic acids is 1. The largest absolute Gasteiger partial charge is 0.468 e. The van der Waals surface area contributed by atoms with Gasteiger partial charge in [-0.25, -0.2) is 0 Å². The highest BCUT2D eigenvalue weighted by Gasteiger charge is 2.51. The summed E-state index contributed by atoms with van der Waals surface area (Å²) < 4.78 is 5.43. The first-order chi connectivity index (χ1) is 10.2. The van der Waals surface area contributed by atoms with Crippen molar-refractivity contribution in [2.24, 2.45) is 0 Å². The van der Waals surface area contributed by atoms with Gasteiger partial charge in [0, 0.05) is 39.8 Å². The van der Waals surface area contributed by atoms with E-state index in [1.807, 2.05) is 30.2 Å². The van der Waals surface area contributed by atoms with Crippen molar-refractivity contribution in [3.8, 4) is 0 Å². The van der Waals surface area contributed by atoms with Gasteiger partial charge in [0.15, 0.2) is 0 Å². The normalized spacial score (nSPS) is 27.7. The van der Waals surface area contributed by atoms with Gasteiger partial charge < -0.3 is 9.32 Å². The van der Waals surface area contributed by atoms with E-state index in [2.05, 4.69) is 16.4 Å². The molecule has 1 amide bonds. The van der Waals surface area contributed by atoms with E-state index in [4.69, 9.17) is 4.42 Å². The van der Waals surface area contributed by atoms with Gasteiger partial charge >= 0.3 is 0 Å². The van der Waals surface area contributed by atoms with Gasteiger partial charge in [0.1, 0.15) is 11.3 Å². The Kier molecular flexibility index (Phi) is 3.87. The number of carbonyl (C=O) groups is 1. The summed E-state index contributed by atoms with van der Waals surface area (Å²) in [6.45, 7) is 8.79. The molecule has 5 nitrogen and oxygen atoms in total. The maximum atomic E-state index is 12.8. The van der Waals surface area contributed by atoms with Crippen LogP contribution in [0, 0.1) is 0 Å². The van der Waals surface area contributed by atoms with Crippen LogP contribution in [-0.4, -0.2) is 65.9 Å². The number of furan rings is 1. The highest BCUT2D eigenvalue weighted by atomic mass is 16.3. The Labute approximate surface area is 125 Å². The molecule has 2 aliphatic rings. The molecule has 0 aliphatic carbocycles. The molecule has 0 aromatic carbocycles. The van der Waals surface area contributed by atoms with Crippen molar-refractivity contribution in [1.82, 2.24) is 14.7 Å². The highest BCUT2D eigenvalue weighted by Crippen LogP contribution is 2.33. The quantitative estimate of drug-likeness (QED) is 0.781. The smallest absolute Gasteiger partial charge is 0.244 e. The molecule has 1 aromatic heterocycles. The van der Waals surface area contributed by atoms with E-state index in [-0.39, 0.29) is 11.4 Å². The second-order valence-electron chi connectivity index (χ2n) is 6.03. The standard InChI is InChI=1S/C16H23N3O2/c1-3-7-19-10-9-17(2)15(20)16(19)6-8-18(13-16)12-14-5-4-11-21-14/h3-5,11H,1,6-10,12-13H2,2H3/t16-/m1/s1. The molecular formula is C16H23N3O2. The summed E-state index contributed by atoms with van der Waals surface area (Å²) in [5.74, 6) is 1.21. The van der Waals surface area contributed by atoms with Crippen molar-refractivity contribution in [3.05, 3.63) is 36.8 Å². The van der Waals surface area contributed by atoms with E-state index >= 15 is 0 Å². The number of likely N-dealkylation sites (N-methyl/N-ethyl adjacent to an activating group) is 1. The molecular weight excluding hydrogens is 266 g/mol. The van der Waals surface area contributed by atoms with Gasteiger partial charge in [-0.05, 0) is 18.6 Å². The van der Waals surface area contributed by atoms with Crippen LogP contribution in [0.5, 0.6) is 0 Å². The Balaban J connectivity index is 1.77. The lowest BCUT2D eigenvalue weighted by molar-refractivity contribution is -0.148. The van der Waals surface area contributed by atoms with Gasteiger partial charge in [0.2, 0.25) is 5.91 Å². The van der Waals surface area contributed by atoms with Crippen molar-refractivity contribution in [1.29, 1.82) is 0 Å². The topological polar surface area (TPSA) is 39.9 Å². The van der Waals surface area contributed by atoms with Crippen LogP contribution in [0.2, 0.25) is 0 Å². The summed E-state index contributed by atoms with van der Waals surface area (Å²) in [7, 11) is 1.91. The number of nitrogens with zero attached hydrogens (tertiary/aromatic N) is 3. The minimum atomic E-state index is -0.381. The Hall–Kier alpha value is -1.59. The summed E-state index contributed by atoms with van der Waals surface area (Å²) >= 11 is 0. The summed E-state index contributed by atoms with van der Waals surface area (Å²) in [4.78, 5) is 19.3. The van der Waals surface area contributed by atoms with Crippen molar-refractivity contribution in [3.63, 3.8) is 0 Å². The van der Waals surface area contributed by atoms with Crippen LogP contribution in [0.1, 0.15) is 12.2 Å².